The Morgan fingerprint density at radius 3 is 2.67 bits per heavy atom. The first-order valence-corrected chi connectivity index (χ1v) is 8.85. The highest BCUT2D eigenvalue weighted by atomic mass is 32.2. The van der Waals surface area contributed by atoms with Crippen molar-refractivity contribution < 1.29 is 9.18 Å². The van der Waals surface area contributed by atoms with Gasteiger partial charge in [0.05, 0.1) is 4.91 Å². The SMILES string of the molecule is CCN1C(=O)/C(=C\c2cc(C)n(-c3cccc(F)c3)c2C)SC1=S. The zero-order valence-electron chi connectivity index (χ0n) is 13.7. The molecular formula is C18H17FN2OS2. The highest BCUT2D eigenvalue weighted by Gasteiger charge is 2.30. The van der Waals surface area contributed by atoms with Crippen LogP contribution in [0.1, 0.15) is 23.9 Å². The molecule has 1 amide bonds. The van der Waals surface area contributed by atoms with E-state index in [9.17, 15) is 9.18 Å². The highest BCUT2D eigenvalue weighted by Crippen LogP contribution is 2.33. The van der Waals surface area contributed by atoms with Crippen LogP contribution in [-0.4, -0.2) is 26.2 Å². The standard InChI is InChI=1S/C18H17FN2OS2/c1-4-20-17(22)16(24-18(20)23)9-13-8-11(2)21(12(13)3)15-7-5-6-14(19)10-15/h5-10H,4H2,1-3H3/b16-9+. The monoisotopic (exact) mass is 360 g/mol. The summed E-state index contributed by atoms with van der Waals surface area (Å²) in [5.41, 5.74) is 3.65. The van der Waals surface area contributed by atoms with Crippen LogP contribution in [0.2, 0.25) is 0 Å². The van der Waals surface area contributed by atoms with Crippen LogP contribution in [0.15, 0.2) is 35.2 Å². The number of carbonyl (C=O) groups excluding carboxylic acids is 1. The van der Waals surface area contributed by atoms with Crippen LogP contribution in [0.25, 0.3) is 11.8 Å². The van der Waals surface area contributed by atoms with Gasteiger partial charge in [-0.1, -0.05) is 30.0 Å². The van der Waals surface area contributed by atoms with Crippen LogP contribution in [0.5, 0.6) is 0 Å². The maximum atomic E-state index is 13.5. The Morgan fingerprint density at radius 1 is 1.29 bits per heavy atom. The van der Waals surface area contributed by atoms with Crippen molar-refractivity contribution in [3.63, 3.8) is 0 Å². The highest BCUT2D eigenvalue weighted by molar-refractivity contribution is 8.26. The van der Waals surface area contributed by atoms with Crippen LogP contribution < -0.4 is 0 Å². The topological polar surface area (TPSA) is 25.2 Å². The molecule has 0 radical (unpaired) electrons. The molecule has 0 N–H and O–H groups in total. The van der Waals surface area contributed by atoms with E-state index < -0.39 is 0 Å². The number of thiocarbonyl (C=S) groups is 1. The van der Waals surface area contributed by atoms with E-state index in [1.165, 1.54) is 23.9 Å². The molecule has 6 heteroatoms. The number of nitrogens with zero attached hydrogens (tertiary/aromatic N) is 2. The van der Waals surface area contributed by atoms with E-state index >= 15 is 0 Å². The number of aromatic nitrogens is 1. The summed E-state index contributed by atoms with van der Waals surface area (Å²) in [5.74, 6) is -0.326. The van der Waals surface area contributed by atoms with Crippen LogP contribution in [-0.2, 0) is 4.79 Å². The second-order valence-electron chi connectivity index (χ2n) is 5.57. The fraction of sp³-hybridized carbons (Fsp3) is 0.222. The lowest BCUT2D eigenvalue weighted by atomic mass is 10.2. The average Bonchev–Trinajstić information content (AvgIpc) is 2.95. The molecule has 0 saturated carbocycles. The summed E-state index contributed by atoms with van der Waals surface area (Å²) < 4.78 is 16.1. The molecule has 1 aliphatic rings. The van der Waals surface area contributed by atoms with Crippen molar-refractivity contribution in [2.24, 2.45) is 0 Å². The average molecular weight is 360 g/mol. The molecule has 1 aliphatic heterocycles. The number of aryl methyl sites for hydroxylation is 1. The molecule has 0 spiro atoms. The maximum absolute atomic E-state index is 13.5. The molecule has 2 aromatic rings. The Morgan fingerprint density at radius 2 is 2.04 bits per heavy atom. The van der Waals surface area contributed by atoms with Crippen molar-refractivity contribution in [3.8, 4) is 5.69 Å². The fourth-order valence-corrected chi connectivity index (χ4v) is 4.24. The van der Waals surface area contributed by atoms with Gasteiger partial charge in [-0.05, 0) is 56.7 Å². The normalized spacial score (nSPS) is 16.5. The van der Waals surface area contributed by atoms with Crippen molar-refractivity contribution in [1.82, 2.24) is 9.47 Å². The van der Waals surface area contributed by atoms with E-state index in [0.717, 1.165) is 22.6 Å². The summed E-state index contributed by atoms with van der Waals surface area (Å²) in [6, 6.07) is 8.48. The molecule has 1 saturated heterocycles. The minimum atomic E-state index is -0.273. The summed E-state index contributed by atoms with van der Waals surface area (Å²) in [5, 5.41) is 0. The van der Waals surface area contributed by atoms with Gasteiger partial charge in [0.2, 0.25) is 0 Å². The number of carbonyl (C=O) groups is 1. The molecular weight excluding hydrogens is 343 g/mol. The summed E-state index contributed by atoms with van der Waals surface area (Å²) in [6.45, 7) is 6.41. The van der Waals surface area contributed by atoms with Gasteiger partial charge in [-0.25, -0.2) is 4.39 Å². The van der Waals surface area contributed by atoms with Gasteiger partial charge in [-0.3, -0.25) is 9.69 Å². The van der Waals surface area contributed by atoms with Gasteiger partial charge in [-0.15, -0.1) is 0 Å². The van der Waals surface area contributed by atoms with Gasteiger partial charge >= 0.3 is 0 Å². The molecule has 1 fully saturated rings. The second-order valence-corrected chi connectivity index (χ2v) is 7.24. The summed E-state index contributed by atoms with van der Waals surface area (Å²) >= 11 is 6.57. The molecule has 2 heterocycles. The summed E-state index contributed by atoms with van der Waals surface area (Å²) in [6.07, 6.45) is 1.87. The molecule has 3 nitrogen and oxygen atoms in total. The lowest BCUT2D eigenvalue weighted by molar-refractivity contribution is -0.121. The van der Waals surface area contributed by atoms with Crippen LogP contribution >= 0.6 is 24.0 Å². The minimum Gasteiger partial charge on any atom is -0.318 e. The molecule has 1 aromatic heterocycles. The number of hydrogen-bond donors (Lipinski definition) is 0. The summed E-state index contributed by atoms with van der Waals surface area (Å²) in [4.78, 5) is 14.6. The molecule has 124 valence electrons. The van der Waals surface area contributed by atoms with Crippen LogP contribution in [0.3, 0.4) is 0 Å². The Kier molecular flexibility index (Phi) is 4.60. The number of likely N-dealkylation sites (N-methyl/N-ethyl adjacent to an activating group) is 1. The quantitative estimate of drug-likeness (QED) is 0.597. The zero-order chi connectivity index (χ0) is 17.4. The fourth-order valence-electron chi connectivity index (χ4n) is 2.86. The Balaban J connectivity index is 2.03. The summed E-state index contributed by atoms with van der Waals surface area (Å²) in [7, 11) is 0. The number of thioether (sulfide) groups is 1. The van der Waals surface area contributed by atoms with E-state index in [1.54, 1.807) is 11.0 Å². The largest absolute Gasteiger partial charge is 0.318 e. The molecule has 3 rings (SSSR count). The van der Waals surface area contributed by atoms with E-state index in [4.69, 9.17) is 12.2 Å². The Labute approximate surface area is 150 Å². The third-order valence-corrected chi connectivity index (χ3v) is 5.39. The smallest absolute Gasteiger partial charge is 0.266 e. The van der Waals surface area contributed by atoms with Gasteiger partial charge in [0.15, 0.2) is 0 Å². The minimum absolute atomic E-state index is 0.0527. The van der Waals surface area contributed by atoms with Crippen molar-refractivity contribution in [1.29, 1.82) is 0 Å². The Hall–Kier alpha value is -1.92. The van der Waals surface area contributed by atoms with Crippen LogP contribution in [0.4, 0.5) is 4.39 Å². The number of amides is 1. The van der Waals surface area contributed by atoms with E-state index in [0.29, 0.717) is 15.8 Å². The number of hydrogen-bond acceptors (Lipinski definition) is 3. The predicted octanol–water partition coefficient (Wildman–Crippen LogP) is 4.45. The number of halogens is 1. The van der Waals surface area contributed by atoms with Crippen molar-refractivity contribution in [3.05, 3.63) is 58.0 Å². The predicted molar refractivity (Wildman–Crippen MR) is 101 cm³/mol. The maximum Gasteiger partial charge on any atom is 0.266 e. The van der Waals surface area contributed by atoms with Gasteiger partial charge in [0.25, 0.3) is 5.91 Å². The Bertz CT molecular complexity index is 870. The van der Waals surface area contributed by atoms with E-state index in [1.807, 2.05) is 43.5 Å². The number of benzene rings is 1. The molecule has 24 heavy (non-hydrogen) atoms. The van der Waals surface area contributed by atoms with Gasteiger partial charge < -0.3 is 4.57 Å². The molecule has 0 unspecified atom stereocenters. The molecule has 0 bridgehead atoms. The molecule has 0 aliphatic carbocycles. The van der Waals surface area contributed by atoms with Crippen molar-refractivity contribution >= 4 is 40.3 Å². The van der Waals surface area contributed by atoms with Gasteiger partial charge in [0.1, 0.15) is 10.1 Å². The zero-order valence-corrected chi connectivity index (χ0v) is 15.3. The van der Waals surface area contributed by atoms with E-state index in [-0.39, 0.29) is 11.7 Å². The molecule has 0 atom stereocenters. The third kappa shape index (κ3) is 2.91. The lowest BCUT2D eigenvalue weighted by Crippen LogP contribution is -2.27. The third-order valence-electron chi connectivity index (χ3n) is 4.01. The molecule has 1 aromatic carbocycles. The van der Waals surface area contributed by atoms with Gasteiger partial charge in [-0.2, -0.15) is 0 Å². The van der Waals surface area contributed by atoms with Crippen LogP contribution in [0, 0.1) is 19.7 Å². The van der Waals surface area contributed by atoms with Gasteiger partial charge in [0, 0.05) is 23.6 Å². The van der Waals surface area contributed by atoms with Crippen molar-refractivity contribution in [2.45, 2.75) is 20.8 Å². The first-order chi connectivity index (χ1) is 11.4. The van der Waals surface area contributed by atoms with E-state index in [2.05, 4.69) is 0 Å². The van der Waals surface area contributed by atoms with Crippen molar-refractivity contribution in [2.75, 3.05) is 6.54 Å². The first kappa shape index (κ1) is 16.9. The lowest BCUT2D eigenvalue weighted by Gasteiger charge is -2.10. The second kappa shape index (κ2) is 6.53. The first-order valence-electron chi connectivity index (χ1n) is 7.62. The number of rotatable bonds is 3.